The summed E-state index contributed by atoms with van der Waals surface area (Å²) in [6.45, 7) is 8.05. The minimum atomic E-state index is -0.413. The van der Waals surface area contributed by atoms with Gasteiger partial charge in [0.05, 0.1) is 36.2 Å². The predicted octanol–water partition coefficient (Wildman–Crippen LogP) is 5.83. The van der Waals surface area contributed by atoms with Gasteiger partial charge in [-0.2, -0.15) is 0 Å². The molecule has 2 atom stereocenters. The Kier molecular flexibility index (Phi) is 9.28. The third-order valence-electron chi connectivity index (χ3n) is 10.5. The van der Waals surface area contributed by atoms with Crippen molar-refractivity contribution in [3.8, 4) is 0 Å². The summed E-state index contributed by atoms with van der Waals surface area (Å²) in [5, 5.41) is 0.420. The monoisotopic (exact) mass is 667 g/mol. The number of carbonyl (C=O) groups is 1. The molecule has 3 aliphatic rings. The zero-order valence-corrected chi connectivity index (χ0v) is 28.9. The van der Waals surface area contributed by atoms with Crippen molar-refractivity contribution < 1.29 is 13.9 Å². The Morgan fingerprint density at radius 2 is 1.78 bits per heavy atom. The molecule has 5 heterocycles. The van der Waals surface area contributed by atoms with Crippen molar-refractivity contribution in [2.45, 2.75) is 77.2 Å². The molecule has 2 aliphatic heterocycles. The molecule has 0 radical (unpaired) electrons. The first-order valence-corrected chi connectivity index (χ1v) is 17.4. The van der Waals surface area contributed by atoms with Gasteiger partial charge in [-0.15, -0.1) is 0 Å². The van der Waals surface area contributed by atoms with Gasteiger partial charge < -0.3 is 24.0 Å². The Morgan fingerprint density at radius 1 is 0.959 bits per heavy atom. The second-order valence-corrected chi connectivity index (χ2v) is 14.0. The average Bonchev–Trinajstić information content (AvgIpc) is 3.84. The molecule has 2 saturated heterocycles. The Bertz CT molecular complexity index is 1890. The van der Waals surface area contributed by atoms with E-state index in [-0.39, 0.29) is 23.6 Å². The van der Waals surface area contributed by atoms with Crippen LogP contribution < -0.4 is 15.2 Å². The first kappa shape index (κ1) is 33.0. The van der Waals surface area contributed by atoms with Crippen LogP contribution in [-0.2, 0) is 17.8 Å². The lowest BCUT2D eigenvalue weighted by molar-refractivity contribution is 0.121. The maximum Gasteiger partial charge on any atom is 0.409 e. The number of pyridine rings is 3. The molecule has 258 valence electrons. The van der Waals surface area contributed by atoms with E-state index in [1.165, 1.54) is 13.2 Å². The zero-order chi connectivity index (χ0) is 34.2. The number of piperidine rings is 1. The fourth-order valence-electron chi connectivity index (χ4n) is 7.60. The fourth-order valence-corrected chi connectivity index (χ4v) is 7.60. The molecule has 1 aromatic carbocycles. The smallest absolute Gasteiger partial charge is 0.409 e. The summed E-state index contributed by atoms with van der Waals surface area (Å²) in [6, 6.07) is 12.1. The van der Waals surface area contributed by atoms with Crippen LogP contribution in [0.4, 0.5) is 20.6 Å². The van der Waals surface area contributed by atoms with Crippen molar-refractivity contribution in [1.82, 2.24) is 24.3 Å². The van der Waals surface area contributed by atoms with Crippen molar-refractivity contribution in [3.05, 3.63) is 93.5 Å². The highest BCUT2D eigenvalue weighted by Gasteiger charge is 2.33. The van der Waals surface area contributed by atoms with E-state index in [2.05, 4.69) is 48.6 Å². The van der Waals surface area contributed by atoms with Gasteiger partial charge in [0.15, 0.2) is 5.43 Å². The predicted molar refractivity (Wildman–Crippen MR) is 190 cm³/mol. The maximum atomic E-state index is 16.0. The Hall–Kier alpha value is -4.51. The molecule has 3 aromatic heterocycles. The number of halogens is 1. The summed E-state index contributed by atoms with van der Waals surface area (Å²) in [6.07, 6.45) is 10.3. The topological polar surface area (TPSA) is 87.0 Å². The number of carbonyl (C=O) groups excluding carboxylic acids is 1. The number of nitrogens with zero attached hydrogens (tertiary/aromatic N) is 7. The van der Waals surface area contributed by atoms with Crippen molar-refractivity contribution in [2.24, 2.45) is 0 Å². The van der Waals surface area contributed by atoms with E-state index in [4.69, 9.17) is 4.74 Å². The second-order valence-electron chi connectivity index (χ2n) is 14.0. The van der Waals surface area contributed by atoms with Crippen LogP contribution in [0.3, 0.4) is 0 Å². The van der Waals surface area contributed by atoms with Crippen molar-refractivity contribution in [2.75, 3.05) is 50.1 Å². The number of amides is 1. The first-order chi connectivity index (χ1) is 23.7. The third-order valence-corrected chi connectivity index (χ3v) is 10.5. The van der Waals surface area contributed by atoms with Crippen LogP contribution in [0.15, 0.2) is 59.8 Å². The number of ether oxygens (including phenoxy) is 1. The molecule has 49 heavy (non-hydrogen) atoms. The molecule has 4 aromatic rings. The van der Waals surface area contributed by atoms with Gasteiger partial charge >= 0.3 is 6.09 Å². The summed E-state index contributed by atoms with van der Waals surface area (Å²) in [4.78, 5) is 43.8. The zero-order valence-electron chi connectivity index (χ0n) is 28.9. The summed E-state index contributed by atoms with van der Waals surface area (Å²) >= 11 is 0. The molecule has 1 aliphatic carbocycles. The van der Waals surface area contributed by atoms with E-state index in [1.54, 1.807) is 11.9 Å². The lowest BCUT2D eigenvalue weighted by Gasteiger charge is -2.40. The molecule has 0 unspecified atom stereocenters. The maximum absolute atomic E-state index is 16.0. The summed E-state index contributed by atoms with van der Waals surface area (Å²) in [5.41, 5.74) is 6.03. The summed E-state index contributed by atoms with van der Waals surface area (Å²) in [7, 11) is 3.08. The van der Waals surface area contributed by atoms with Gasteiger partial charge in [0, 0.05) is 93.1 Å². The molecule has 7 rings (SSSR count). The number of anilines is 2. The fraction of sp³-hybridized carbons (Fsp3) is 0.474. The minimum Gasteiger partial charge on any atom is -0.453 e. The quantitative estimate of drug-likeness (QED) is 0.221. The van der Waals surface area contributed by atoms with Crippen molar-refractivity contribution >= 4 is 28.4 Å². The number of aromatic nitrogens is 3. The van der Waals surface area contributed by atoms with Crippen LogP contribution >= 0.6 is 0 Å². The van der Waals surface area contributed by atoms with Crippen LogP contribution in [0.5, 0.6) is 0 Å². The molecular formula is C38H46FN7O3. The number of benzene rings is 1. The summed E-state index contributed by atoms with van der Waals surface area (Å²) in [5.74, 6) is -0.413. The highest BCUT2D eigenvalue weighted by molar-refractivity contribution is 5.84. The number of likely N-dealkylation sites (N-methyl/N-ethyl adjacent to an activating group) is 1. The normalized spacial score (nSPS) is 19.6. The third kappa shape index (κ3) is 6.99. The molecule has 11 heteroatoms. The Balaban J connectivity index is 1.21. The largest absolute Gasteiger partial charge is 0.453 e. The lowest BCUT2D eigenvalue weighted by Crippen LogP contribution is -2.48. The minimum absolute atomic E-state index is 0.0799. The van der Waals surface area contributed by atoms with E-state index in [9.17, 15) is 9.59 Å². The molecule has 10 nitrogen and oxygen atoms in total. The van der Waals surface area contributed by atoms with Crippen LogP contribution in [0.25, 0.3) is 10.9 Å². The average molecular weight is 668 g/mol. The van der Waals surface area contributed by atoms with Gasteiger partial charge in [0.25, 0.3) is 0 Å². The van der Waals surface area contributed by atoms with E-state index < -0.39 is 11.9 Å². The van der Waals surface area contributed by atoms with Crippen LogP contribution in [0.2, 0.25) is 0 Å². The standard InChI is InChI=1S/C38H46FN7O3/c1-25-7-8-30(19-41-25)43-14-5-6-32(24-43)45(20-27-11-13-40-26(2)16-27)21-28-22-46(29-9-10-29)35-18-36(34(39)17-33(35)37(28)47)44-15-12-31(23-44)42(3)38(48)49-4/h7-8,11,13,16-19,22,29,31-32H,5-6,9-10,12,14-15,20-21,23-24H2,1-4H3/t31-,32-/m0/s1. The lowest BCUT2D eigenvalue weighted by atomic mass is 10.0. The molecular weight excluding hydrogens is 621 g/mol. The SMILES string of the molecule is COC(=O)N(C)[C@H]1CCN(c2cc3c(cc2F)c(=O)c(CN(Cc2ccnc(C)c2)[C@H]2CCCN(c4ccc(C)nc4)C2)cn3C2CC2)C1. The number of methoxy groups -OCH3 is 1. The molecule has 3 fully saturated rings. The van der Waals surface area contributed by atoms with Gasteiger partial charge in [-0.3, -0.25) is 19.7 Å². The summed E-state index contributed by atoms with van der Waals surface area (Å²) < 4.78 is 23.1. The molecule has 0 spiro atoms. The Labute approximate surface area is 287 Å². The van der Waals surface area contributed by atoms with Crippen LogP contribution in [0.1, 0.15) is 60.7 Å². The van der Waals surface area contributed by atoms with E-state index in [0.717, 1.165) is 66.9 Å². The van der Waals surface area contributed by atoms with Gasteiger partial charge in [-0.25, -0.2) is 9.18 Å². The van der Waals surface area contributed by atoms with Crippen molar-refractivity contribution in [1.29, 1.82) is 0 Å². The number of fused-ring (bicyclic) bond motifs is 1. The van der Waals surface area contributed by atoms with E-state index in [0.29, 0.717) is 49.2 Å². The van der Waals surface area contributed by atoms with Gasteiger partial charge in [0.2, 0.25) is 0 Å². The van der Waals surface area contributed by atoms with Gasteiger partial charge in [-0.05, 0) is 87.9 Å². The van der Waals surface area contributed by atoms with Crippen LogP contribution in [-0.4, -0.2) is 82.8 Å². The van der Waals surface area contributed by atoms with Crippen molar-refractivity contribution in [3.63, 3.8) is 0 Å². The number of hydrogen-bond acceptors (Lipinski definition) is 8. The molecule has 1 amide bonds. The van der Waals surface area contributed by atoms with E-state index in [1.807, 2.05) is 43.4 Å². The van der Waals surface area contributed by atoms with Gasteiger partial charge in [-0.1, -0.05) is 0 Å². The molecule has 1 saturated carbocycles. The number of aryl methyl sites for hydroxylation is 2. The first-order valence-electron chi connectivity index (χ1n) is 17.4. The molecule has 0 bridgehead atoms. The Morgan fingerprint density at radius 3 is 2.51 bits per heavy atom. The van der Waals surface area contributed by atoms with Crippen LogP contribution in [0, 0.1) is 19.7 Å². The second kappa shape index (κ2) is 13.8. The molecule has 0 N–H and O–H groups in total. The number of hydrogen-bond donors (Lipinski definition) is 0. The highest BCUT2D eigenvalue weighted by atomic mass is 19.1. The number of rotatable bonds is 9. The van der Waals surface area contributed by atoms with Gasteiger partial charge in [0.1, 0.15) is 5.82 Å². The van der Waals surface area contributed by atoms with E-state index >= 15 is 4.39 Å². The highest BCUT2D eigenvalue weighted by Crippen LogP contribution is 2.39.